The van der Waals surface area contributed by atoms with Crippen LogP contribution in [0.5, 0.6) is 0 Å². The molecule has 3 aliphatic heterocycles. The van der Waals surface area contributed by atoms with Gasteiger partial charge in [-0.25, -0.2) is 31.4 Å². The van der Waals surface area contributed by atoms with E-state index in [-0.39, 0.29) is 48.9 Å². The van der Waals surface area contributed by atoms with Crippen molar-refractivity contribution in [3.63, 3.8) is 0 Å². The van der Waals surface area contributed by atoms with Gasteiger partial charge in [-0.2, -0.15) is 0 Å². The number of fused-ring (bicyclic) bond motifs is 3. The van der Waals surface area contributed by atoms with Gasteiger partial charge in [0.2, 0.25) is 21.8 Å². The predicted octanol–water partition coefficient (Wildman–Crippen LogP) is 5.13. The second-order valence-electron chi connectivity index (χ2n) is 15.4. The summed E-state index contributed by atoms with van der Waals surface area (Å²) in [6.07, 6.45) is 5.97. The summed E-state index contributed by atoms with van der Waals surface area (Å²) in [6.45, 7) is -0.0797. The molecule has 57 heavy (non-hydrogen) atoms. The molecular formula is C39H41F3N6O7S2. The number of amides is 4. The molecule has 3 N–H and O–H groups in total. The normalized spacial score (nSPS) is 26.4. The van der Waals surface area contributed by atoms with Gasteiger partial charge < -0.3 is 20.3 Å². The lowest BCUT2D eigenvalue weighted by Crippen LogP contribution is -2.57. The van der Waals surface area contributed by atoms with E-state index < -0.39 is 86.2 Å². The highest BCUT2D eigenvalue weighted by Gasteiger charge is 2.62. The zero-order valence-electron chi connectivity index (χ0n) is 30.7. The van der Waals surface area contributed by atoms with Crippen LogP contribution in [0.1, 0.15) is 68.9 Å². The SMILES string of the molecule is O=C1N[C@]2(C(=O)NS(=O)(=O)C3CC3)C[C@H]2C=CCCCCC[C@H](Nc2nc(-c3ccc(F)cc3F)cs2)C(=O)N2C[C@H](OC(=O)N3Cc4cccc(F)c4C3)C[C@@H]12. The first-order valence-corrected chi connectivity index (χ1v) is 21.5. The van der Waals surface area contributed by atoms with E-state index in [9.17, 15) is 40.8 Å². The number of allylic oxidation sites excluding steroid dienone is 1. The average Bonchev–Trinajstić information content (AvgIpc) is 3.97. The zero-order chi connectivity index (χ0) is 40.1. The van der Waals surface area contributed by atoms with Gasteiger partial charge in [-0.1, -0.05) is 37.1 Å². The molecule has 5 atom stereocenters. The molecule has 0 unspecified atom stereocenters. The van der Waals surface area contributed by atoms with E-state index in [2.05, 4.69) is 20.3 Å². The highest BCUT2D eigenvalue weighted by atomic mass is 32.2. The van der Waals surface area contributed by atoms with Crippen molar-refractivity contribution >= 4 is 50.3 Å². The molecule has 3 fully saturated rings. The van der Waals surface area contributed by atoms with E-state index in [4.69, 9.17) is 4.74 Å². The number of hydrogen-bond donors (Lipinski definition) is 3. The Hall–Kier alpha value is -4.97. The molecule has 8 rings (SSSR count). The number of halogens is 3. The smallest absolute Gasteiger partial charge is 0.410 e. The Kier molecular flexibility index (Phi) is 10.5. The molecule has 2 aliphatic carbocycles. The number of nitrogens with one attached hydrogen (secondary N) is 3. The predicted molar refractivity (Wildman–Crippen MR) is 202 cm³/mol. The molecule has 18 heteroatoms. The van der Waals surface area contributed by atoms with Gasteiger partial charge >= 0.3 is 6.09 Å². The van der Waals surface area contributed by atoms with Gasteiger partial charge in [-0.3, -0.25) is 24.0 Å². The lowest BCUT2D eigenvalue weighted by Gasteiger charge is -2.29. The number of benzene rings is 2. The van der Waals surface area contributed by atoms with Gasteiger partial charge in [-0.15, -0.1) is 11.3 Å². The number of thiazole rings is 1. The Balaban J connectivity index is 1.06. The average molecular weight is 827 g/mol. The van der Waals surface area contributed by atoms with Gasteiger partial charge in [-0.05, 0) is 62.3 Å². The largest absolute Gasteiger partial charge is 0.444 e. The van der Waals surface area contributed by atoms with Crippen LogP contribution in [0.4, 0.5) is 23.1 Å². The third kappa shape index (κ3) is 8.10. The quantitative estimate of drug-likeness (QED) is 0.274. The highest BCUT2D eigenvalue weighted by molar-refractivity contribution is 7.91. The van der Waals surface area contributed by atoms with Gasteiger partial charge in [0.15, 0.2) is 5.13 Å². The van der Waals surface area contributed by atoms with Crippen LogP contribution in [-0.4, -0.2) is 82.5 Å². The number of carbonyl (C=O) groups excluding carboxylic acids is 4. The molecule has 0 bridgehead atoms. The fourth-order valence-corrected chi connectivity index (χ4v) is 10.0. The Morgan fingerprint density at radius 2 is 1.84 bits per heavy atom. The van der Waals surface area contributed by atoms with Crippen LogP contribution in [0, 0.1) is 23.4 Å². The van der Waals surface area contributed by atoms with Crippen molar-refractivity contribution in [1.29, 1.82) is 0 Å². The van der Waals surface area contributed by atoms with Crippen LogP contribution in [-0.2, 0) is 42.2 Å². The maximum atomic E-state index is 14.6. The molecule has 0 radical (unpaired) electrons. The van der Waals surface area contributed by atoms with Crippen LogP contribution in [0.2, 0.25) is 0 Å². The first kappa shape index (κ1) is 38.9. The third-order valence-electron chi connectivity index (χ3n) is 11.3. The van der Waals surface area contributed by atoms with E-state index in [0.717, 1.165) is 36.3 Å². The van der Waals surface area contributed by atoms with Crippen molar-refractivity contribution in [3.8, 4) is 11.3 Å². The first-order chi connectivity index (χ1) is 27.3. The molecule has 2 aromatic carbocycles. The topological polar surface area (TPSA) is 167 Å². The number of sulfonamides is 1. The van der Waals surface area contributed by atoms with Crippen molar-refractivity contribution in [2.45, 2.75) is 99.9 Å². The lowest BCUT2D eigenvalue weighted by atomic mass is 10.1. The zero-order valence-corrected chi connectivity index (χ0v) is 32.4. The number of anilines is 1. The minimum Gasteiger partial charge on any atom is -0.444 e. The lowest BCUT2D eigenvalue weighted by molar-refractivity contribution is -0.140. The van der Waals surface area contributed by atoms with Gasteiger partial charge in [0.1, 0.15) is 41.2 Å². The summed E-state index contributed by atoms with van der Waals surface area (Å²) in [6, 6.07) is 5.58. The Labute approximate surface area is 331 Å². The third-order valence-corrected chi connectivity index (χ3v) is 13.9. The molecule has 13 nitrogen and oxygen atoms in total. The maximum absolute atomic E-state index is 14.6. The van der Waals surface area contributed by atoms with Crippen molar-refractivity contribution < 1.29 is 45.5 Å². The fraction of sp³-hybridized carbons (Fsp3) is 0.462. The second kappa shape index (κ2) is 15.4. The number of nitrogens with zero attached hydrogens (tertiary/aromatic N) is 3. The Morgan fingerprint density at radius 3 is 2.61 bits per heavy atom. The van der Waals surface area contributed by atoms with Crippen LogP contribution in [0.15, 0.2) is 53.9 Å². The number of aromatic nitrogens is 1. The molecule has 1 aromatic heterocycles. The van der Waals surface area contributed by atoms with E-state index >= 15 is 0 Å². The molecule has 4 amide bonds. The van der Waals surface area contributed by atoms with Crippen molar-refractivity contribution in [3.05, 3.63) is 82.5 Å². The minimum absolute atomic E-state index is 0.0138. The summed E-state index contributed by atoms with van der Waals surface area (Å²) in [4.78, 5) is 63.2. The van der Waals surface area contributed by atoms with Gasteiger partial charge in [0, 0.05) is 41.5 Å². The Bertz CT molecular complexity index is 2250. The molecule has 2 saturated carbocycles. The standard InChI is InChI=1S/C39H41F3N6O7S2/c40-24-11-14-27(30(42)15-24)32-21-56-37(44-32)43-31-10-5-3-1-2-4-8-23-17-39(23,36(51)46-57(53,54)26-12-13-26)45-34(49)33-16-25(19-48(33)35(31)50)55-38(52)47-18-22-7-6-9-29(41)28(22)20-47/h4,6-9,11,14-15,21,23,25-26,31,33H,1-3,5,10,12-13,16-20H2,(H,43,44)(H,45,49)(H,46,51)/t23-,25-,31+,33+,39-/m1/s1. The number of ether oxygens (including phenoxy) is 1. The van der Waals surface area contributed by atoms with Crippen LogP contribution in [0.25, 0.3) is 11.3 Å². The summed E-state index contributed by atoms with van der Waals surface area (Å²) in [5.74, 6) is -4.54. The number of rotatable bonds is 7. The maximum Gasteiger partial charge on any atom is 0.410 e. The van der Waals surface area contributed by atoms with E-state index in [0.29, 0.717) is 43.2 Å². The van der Waals surface area contributed by atoms with E-state index in [1.54, 1.807) is 17.5 Å². The number of hydrogen-bond acceptors (Lipinski definition) is 10. The summed E-state index contributed by atoms with van der Waals surface area (Å²) in [7, 11) is -3.94. The van der Waals surface area contributed by atoms with E-state index in [1.165, 1.54) is 21.9 Å². The molecule has 0 spiro atoms. The Morgan fingerprint density at radius 1 is 1.02 bits per heavy atom. The summed E-state index contributed by atoms with van der Waals surface area (Å²) < 4.78 is 76.4. The number of carbonyl (C=O) groups is 4. The molecule has 4 heterocycles. The monoisotopic (exact) mass is 826 g/mol. The summed E-state index contributed by atoms with van der Waals surface area (Å²) >= 11 is 1.12. The van der Waals surface area contributed by atoms with Crippen molar-refractivity contribution in [2.75, 3.05) is 11.9 Å². The summed E-state index contributed by atoms with van der Waals surface area (Å²) in [5, 5.41) is 7.16. The fourth-order valence-electron chi connectivity index (χ4n) is 7.88. The highest BCUT2D eigenvalue weighted by Crippen LogP contribution is 2.46. The second-order valence-corrected chi connectivity index (χ2v) is 18.2. The molecular weight excluding hydrogens is 786 g/mol. The van der Waals surface area contributed by atoms with Crippen LogP contribution >= 0.6 is 11.3 Å². The molecule has 5 aliphatic rings. The van der Waals surface area contributed by atoms with Crippen LogP contribution < -0.4 is 15.4 Å². The van der Waals surface area contributed by atoms with Crippen molar-refractivity contribution in [2.24, 2.45) is 5.92 Å². The first-order valence-electron chi connectivity index (χ1n) is 19.1. The van der Waals surface area contributed by atoms with Gasteiger partial charge in [0.05, 0.1) is 24.0 Å². The van der Waals surface area contributed by atoms with Gasteiger partial charge in [0.25, 0.3) is 5.91 Å². The minimum atomic E-state index is -3.94. The van der Waals surface area contributed by atoms with Crippen molar-refractivity contribution in [1.82, 2.24) is 24.8 Å². The molecule has 1 saturated heterocycles. The molecule has 3 aromatic rings. The summed E-state index contributed by atoms with van der Waals surface area (Å²) in [5.41, 5.74) is -0.243. The van der Waals surface area contributed by atoms with Crippen LogP contribution in [0.3, 0.4) is 0 Å². The van der Waals surface area contributed by atoms with E-state index in [1.807, 2.05) is 12.2 Å². The molecule has 302 valence electrons.